The molecule has 5 nitrogen and oxygen atoms in total. The Hall–Kier alpha value is -1.01. The number of aliphatic hydroxyl groups excluding tert-OH is 1. The van der Waals surface area contributed by atoms with Gasteiger partial charge >= 0.3 is 5.97 Å². The third-order valence-corrected chi connectivity index (χ3v) is 10.4. The van der Waals surface area contributed by atoms with Crippen molar-refractivity contribution in [3.8, 4) is 0 Å². The Morgan fingerprint density at radius 2 is 1.91 bits per heavy atom. The molecule has 0 heterocycles. The SMILES string of the molecule is CCC(=O)O[C@]1(C(=O)CCl)[C@@H](C)C[C@H]2[C@@H]3CC[C@@H]4CC(=O)CC[C@]4(C)[C@@]3(F)[C@@H](O)C[C@@]21C. The van der Waals surface area contributed by atoms with Gasteiger partial charge in [-0.05, 0) is 49.9 Å². The molecule has 9 atom stereocenters. The molecule has 0 bridgehead atoms. The number of esters is 1. The molecular formula is C25H36ClFO5. The van der Waals surface area contributed by atoms with E-state index in [1.54, 1.807) is 6.92 Å². The molecule has 4 fully saturated rings. The lowest BCUT2D eigenvalue weighted by Gasteiger charge is -2.65. The Morgan fingerprint density at radius 3 is 2.53 bits per heavy atom. The molecular weight excluding hydrogens is 435 g/mol. The van der Waals surface area contributed by atoms with E-state index in [9.17, 15) is 19.5 Å². The van der Waals surface area contributed by atoms with Gasteiger partial charge in [-0.25, -0.2) is 4.39 Å². The van der Waals surface area contributed by atoms with Crippen molar-refractivity contribution in [3.63, 3.8) is 0 Å². The number of carbonyl (C=O) groups excluding carboxylic acids is 3. The van der Waals surface area contributed by atoms with Crippen LogP contribution in [0.25, 0.3) is 0 Å². The summed E-state index contributed by atoms with van der Waals surface area (Å²) in [6.45, 7) is 7.36. The van der Waals surface area contributed by atoms with Gasteiger partial charge in [0.25, 0.3) is 0 Å². The lowest BCUT2D eigenvalue weighted by molar-refractivity contribution is -0.257. The topological polar surface area (TPSA) is 80.7 Å². The smallest absolute Gasteiger partial charge is 0.306 e. The summed E-state index contributed by atoms with van der Waals surface area (Å²) in [7, 11) is 0. The molecule has 4 aliphatic carbocycles. The van der Waals surface area contributed by atoms with Gasteiger partial charge in [0.15, 0.2) is 11.4 Å². The van der Waals surface area contributed by atoms with Crippen molar-refractivity contribution >= 4 is 29.1 Å². The second-order valence-electron chi connectivity index (χ2n) is 11.3. The summed E-state index contributed by atoms with van der Waals surface area (Å²) >= 11 is 6.03. The summed E-state index contributed by atoms with van der Waals surface area (Å²) in [5.41, 5.74) is -4.99. The van der Waals surface area contributed by atoms with Gasteiger partial charge in [-0.1, -0.05) is 27.7 Å². The normalized spacial score (nSPS) is 50.2. The zero-order valence-electron chi connectivity index (χ0n) is 19.6. The van der Waals surface area contributed by atoms with Crippen LogP contribution in [0.5, 0.6) is 0 Å². The van der Waals surface area contributed by atoms with Gasteiger partial charge in [-0.2, -0.15) is 0 Å². The van der Waals surface area contributed by atoms with Crippen molar-refractivity contribution in [3.05, 3.63) is 0 Å². The highest BCUT2D eigenvalue weighted by atomic mass is 35.5. The predicted octanol–water partition coefficient (Wildman–Crippen LogP) is 4.41. The van der Waals surface area contributed by atoms with E-state index in [1.165, 1.54) is 0 Å². The van der Waals surface area contributed by atoms with E-state index in [1.807, 2.05) is 20.8 Å². The molecule has 7 heteroatoms. The first-order valence-corrected chi connectivity index (χ1v) is 12.7. The van der Waals surface area contributed by atoms with Crippen molar-refractivity contribution in [2.45, 2.75) is 96.4 Å². The maximum Gasteiger partial charge on any atom is 0.306 e. The summed E-state index contributed by atoms with van der Waals surface area (Å²) in [5, 5.41) is 11.5. The van der Waals surface area contributed by atoms with Crippen molar-refractivity contribution in [2.75, 3.05) is 5.88 Å². The number of ketones is 2. The molecule has 180 valence electrons. The number of aliphatic hydroxyl groups is 1. The van der Waals surface area contributed by atoms with Crippen LogP contribution in [0, 0.1) is 34.5 Å². The summed E-state index contributed by atoms with van der Waals surface area (Å²) in [6, 6.07) is 0. The van der Waals surface area contributed by atoms with E-state index in [0.717, 1.165) is 6.42 Å². The van der Waals surface area contributed by atoms with Gasteiger partial charge in [0.05, 0.1) is 12.0 Å². The molecule has 32 heavy (non-hydrogen) atoms. The number of ether oxygens (including phenoxy) is 1. The summed E-state index contributed by atoms with van der Waals surface area (Å²) in [4.78, 5) is 37.9. The van der Waals surface area contributed by atoms with Gasteiger partial charge in [-0.15, -0.1) is 11.6 Å². The maximum atomic E-state index is 17.3. The third-order valence-electron chi connectivity index (χ3n) is 10.2. The van der Waals surface area contributed by atoms with Crippen molar-refractivity contribution in [2.24, 2.45) is 34.5 Å². The number of carbonyl (C=O) groups is 3. The highest BCUT2D eigenvalue weighted by molar-refractivity contribution is 6.29. The number of alkyl halides is 2. The second kappa shape index (κ2) is 7.76. The third kappa shape index (κ3) is 2.80. The lowest BCUT2D eigenvalue weighted by Crippen LogP contribution is -2.71. The Balaban J connectivity index is 1.81. The maximum absolute atomic E-state index is 17.3. The highest BCUT2D eigenvalue weighted by Gasteiger charge is 2.77. The van der Waals surface area contributed by atoms with Gasteiger partial charge < -0.3 is 9.84 Å². The predicted molar refractivity (Wildman–Crippen MR) is 118 cm³/mol. The standard InChI is InChI=1S/C25H36ClFO5/c1-5-21(31)32-25(20(30)13-26)14(2)10-18-17-7-6-15-11-16(28)8-9-22(15,3)24(17,27)19(29)12-23(18,25)4/h14-15,17-19,29H,5-13H2,1-4H3/t14-,15+,17-,18-,19-,22-,23-,24-,25-/m0/s1. The van der Waals surface area contributed by atoms with E-state index in [-0.39, 0.29) is 48.0 Å². The van der Waals surface area contributed by atoms with Crippen LogP contribution >= 0.6 is 11.6 Å². The molecule has 4 saturated carbocycles. The zero-order valence-corrected chi connectivity index (χ0v) is 20.3. The molecule has 0 radical (unpaired) electrons. The number of hydrogen-bond donors (Lipinski definition) is 1. The molecule has 4 rings (SSSR count). The minimum Gasteiger partial charge on any atom is -0.450 e. The van der Waals surface area contributed by atoms with Crippen LogP contribution in [0.2, 0.25) is 0 Å². The quantitative estimate of drug-likeness (QED) is 0.486. The molecule has 0 aromatic rings. The van der Waals surface area contributed by atoms with Crippen LogP contribution in [-0.2, 0) is 19.1 Å². The molecule has 0 aromatic heterocycles. The van der Waals surface area contributed by atoms with Gasteiger partial charge in [0.1, 0.15) is 11.5 Å². The van der Waals surface area contributed by atoms with E-state index >= 15 is 4.39 Å². The van der Waals surface area contributed by atoms with Crippen LogP contribution in [0.3, 0.4) is 0 Å². The van der Waals surface area contributed by atoms with E-state index in [2.05, 4.69) is 0 Å². The van der Waals surface area contributed by atoms with Crippen LogP contribution < -0.4 is 0 Å². The number of fused-ring (bicyclic) bond motifs is 5. The fourth-order valence-electron chi connectivity index (χ4n) is 8.59. The first kappa shape index (κ1) is 24.1. The Morgan fingerprint density at radius 1 is 1.22 bits per heavy atom. The molecule has 0 unspecified atom stereocenters. The lowest BCUT2D eigenvalue weighted by atomic mass is 9.42. The average Bonchev–Trinajstić information content (AvgIpc) is 2.96. The first-order chi connectivity index (χ1) is 14.9. The summed E-state index contributed by atoms with van der Waals surface area (Å²) < 4.78 is 23.2. The number of rotatable bonds is 4. The van der Waals surface area contributed by atoms with Crippen LogP contribution in [-0.4, -0.2) is 45.9 Å². The van der Waals surface area contributed by atoms with Gasteiger partial charge in [-0.3, -0.25) is 14.4 Å². The summed E-state index contributed by atoms with van der Waals surface area (Å²) in [5.74, 6) is -2.05. The molecule has 0 aliphatic heterocycles. The summed E-state index contributed by atoms with van der Waals surface area (Å²) in [6.07, 6.45) is 1.85. The Kier molecular flexibility index (Phi) is 5.85. The van der Waals surface area contributed by atoms with E-state index in [4.69, 9.17) is 16.3 Å². The van der Waals surface area contributed by atoms with Crippen LogP contribution in [0.4, 0.5) is 4.39 Å². The molecule has 0 aromatic carbocycles. The molecule has 0 saturated heterocycles. The van der Waals surface area contributed by atoms with Crippen molar-refractivity contribution in [1.29, 1.82) is 0 Å². The molecule has 4 aliphatic rings. The number of halogens is 2. The van der Waals surface area contributed by atoms with Crippen molar-refractivity contribution in [1.82, 2.24) is 0 Å². The molecule has 0 spiro atoms. The minimum atomic E-state index is -1.84. The first-order valence-electron chi connectivity index (χ1n) is 12.1. The number of Topliss-reactive ketones (excluding diaryl/α,β-unsaturated/α-hetero) is 2. The van der Waals surface area contributed by atoms with Crippen molar-refractivity contribution < 1.29 is 28.6 Å². The largest absolute Gasteiger partial charge is 0.450 e. The fourth-order valence-corrected chi connectivity index (χ4v) is 8.79. The monoisotopic (exact) mass is 470 g/mol. The van der Waals surface area contributed by atoms with E-state index < -0.39 is 40.1 Å². The van der Waals surface area contributed by atoms with Gasteiger partial charge in [0.2, 0.25) is 0 Å². The highest BCUT2D eigenvalue weighted by Crippen LogP contribution is 2.72. The van der Waals surface area contributed by atoms with E-state index in [0.29, 0.717) is 32.1 Å². The fraction of sp³-hybridized carbons (Fsp3) is 0.880. The second-order valence-corrected chi connectivity index (χ2v) is 11.6. The Bertz CT molecular complexity index is 833. The van der Waals surface area contributed by atoms with Crippen LogP contribution in [0.1, 0.15) is 79.1 Å². The van der Waals surface area contributed by atoms with Crippen LogP contribution in [0.15, 0.2) is 0 Å². The Labute approximate surface area is 194 Å². The number of hydrogen-bond acceptors (Lipinski definition) is 5. The zero-order chi connectivity index (χ0) is 23.7. The minimum absolute atomic E-state index is 0.0326. The molecule has 1 N–H and O–H groups in total. The average molecular weight is 471 g/mol. The molecule has 0 amide bonds. The van der Waals surface area contributed by atoms with Gasteiger partial charge in [0, 0.05) is 36.0 Å².